The monoisotopic (exact) mass is 635 g/mol. The van der Waals surface area contributed by atoms with Crippen LogP contribution in [0, 0.1) is 0 Å². The first-order valence-corrected chi connectivity index (χ1v) is 16.8. The van der Waals surface area contributed by atoms with E-state index in [1.54, 1.807) is 16.0 Å². The Hall–Kier alpha value is -3.50. The van der Waals surface area contributed by atoms with E-state index in [4.69, 9.17) is 9.72 Å². The van der Waals surface area contributed by atoms with E-state index in [-0.39, 0.29) is 35.9 Å². The normalized spacial score (nSPS) is 21.3. The van der Waals surface area contributed by atoms with Crippen LogP contribution >= 0.6 is 0 Å². The van der Waals surface area contributed by atoms with Crippen molar-refractivity contribution >= 4 is 23.6 Å². The molecule has 0 spiro atoms. The molecular formula is C36H53N5O5. The van der Waals surface area contributed by atoms with Crippen LogP contribution < -0.4 is 4.90 Å². The Balaban J connectivity index is 0.00000235. The van der Waals surface area contributed by atoms with Gasteiger partial charge >= 0.3 is 6.09 Å². The van der Waals surface area contributed by atoms with Crippen LogP contribution in [0.4, 0.5) is 10.5 Å². The molecule has 0 radical (unpaired) electrons. The van der Waals surface area contributed by atoms with Crippen LogP contribution in [-0.4, -0.2) is 93.1 Å². The number of amides is 3. The first kappa shape index (κ1) is 35.4. The van der Waals surface area contributed by atoms with Crippen LogP contribution in [0.1, 0.15) is 108 Å². The molecule has 1 aromatic carbocycles. The molecule has 2 aromatic rings. The van der Waals surface area contributed by atoms with Gasteiger partial charge in [0, 0.05) is 67.5 Å². The van der Waals surface area contributed by atoms with Gasteiger partial charge in [-0.1, -0.05) is 59.2 Å². The van der Waals surface area contributed by atoms with Gasteiger partial charge in [-0.25, -0.2) is 4.79 Å². The second kappa shape index (κ2) is 14.1. The number of aliphatic hydroxyl groups excluding tert-OH is 1. The van der Waals surface area contributed by atoms with Crippen LogP contribution in [0.5, 0.6) is 0 Å². The van der Waals surface area contributed by atoms with E-state index in [0.717, 1.165) is 23.4 Å². The number of aromatic nitrogens is 1. The number of carbonyl (C=O) groups is 3. The summed E-state index contributed by atoms with van der Waals surface area (Å²) in [6.07, 6.45) is 2.17. The Kier molecular flexibility index (Phi) is 10.8. The maximum Gasteiger partial charge on any atom is 0.410 e. The predicted octanol–water partition coefficient (Wildman–Crippen LogP) is 5.53. The summed E-state index contributed by atoms with van der Waals surface area (Å²) in [4.78, 5) is 52.8. The predicted molar refractivity (Wildman–Crippen MR) is 180 cm³/mol. The average Bonchev–Trinajstić information content (AvgIpc) is 3.46. The van der Waals surface area contributed by atoms with Crippen molar-refractivity contribution in [3.8, 4) is 0 Å². The first-order chi connectivity index (χ1) is 21.7. The van der Waals surface area contributed by atoms with E-state index >= 15 is 0 Å². The lowest BCUT2D eigenvalue weighted by Gasteiger charge is -2.46. The Bertz CT molecular complexity index is 1420. The van der Waals surface area contributed by atoms with Gasteiger partial charge in [-0.15, -0.1) is 0 Å². The van der Waals surface area contributed by atoms with Crippen molar-refractivity contribution in [2.45, 2.75) is 111 Å². The maximum atomic E-state index is 14.1. The van der Waals surface area contributed by atoms with Gasteiger partial charge in [0.25, 0.3) is 5.91 Å². The number of nitrogens with zero attached hydrogens (tertiary/aromatic N) is 5. The van der Waals surface area contributed by atoms with Crippen molar-refractivity contribution in [1.82, 2.24) is 19.7 Å². The Morgan fingerprint density at radius 1 is 1.15 bits per heavy atom. The number of carbonyl (C=O) groups excluding carboxylic acids is 3. The maximum absolute atomic E-state index is 14.1. The van der Waals surface area contributed by atoms with E-state index in [0.29, 0.717) is 50.3 Å². The van der Waals surface area contributed by atoms with Crippen molar-refractivity contribution in [2.75, 3.05) is 37.6 Å². The van der Waals surface area contributed by atoms with E-state index < -0.39 is 17.8 Å². The average molecular weight is 636 g/mol. The number of anilines is 1. The number of hydrogen-bond acceptors (Lipinski definition) is 7. The minimum atomic E-state index is -0.639. The second-order valence-electron chi connectivity index (χ2n) is 14.2. The molecule has 1 fully saturated rings. The fourth-order valence-corrected chi connectivity index (χ4v) is 6.62. The molecule has 10 nitrogen and oxygen atoms in total. The number of ether oxygens (including phenoxy) is 1. The zero-order valence-electron chi connectivity index (χ0n) is 29.2. The zero-order chi connectivity index (χ0) is 34.0. The molecule has 3 atom stereocenters. The molecule has 3 amide bonds. The van der Waals surface area contributed by atoms with Crippen LogP contribution in [0.25, 0.3) is 0 Å². The minimum absolute atomic E-state index is 0.0335. The van der Waals surface area contributed by atoms with E-state index in [9.17, 15) is 19.5 Å². The standard InChI is InChI=1S/C34H47N5O5.C2H6/c1-8-11-28(40)24-14-27-30(35-15-24)34(6,7)21-39(27)29(41)20-36-16-22(2)38(32(43)44-33(3,4)5)19-25(36)18-37-17-23-12-9-10-13-26(23)31(37)42;1-2/h9-10,12-15,22,25,28,40H,8,11,16-21H2,1-7H3;1-2H3/t22-,25+,28?;/m1./s1. The van der Waals surface area contributed by atoms with Crippen molar-refractivity contribution in [1.29, 1.82) is 0 Å². The quantitative estimate of drug-likeness (QED) is 0.426. The van der Waals surface area contributed by atoms with Gasteiger partial charge in [0.05, 0.1) is 24.0 Å². The molecule has 1 unspecified atom stereocenters. The molecule has 5 rings (SSSR count). The van der Waals surface area contributed by atoms with Crippen molar-refractivity contribution in [2.24, 2.45) is 0 Å². The van der Waals surface area contributed by atoms with E-state index in [1.165, 1.54) is 0 Å². The molecule has 0 bridgehead atoms. The molecule has 0 aliphatic carbocycles. The smallest absolute Gasteiger partial charge is 0.410 e. The molecule has 1 saturated heterocycles. The summed E-state index contributed by atoms with van der Waals surface area (Å²) in [5, 5.41) is 10.7. The highest BCUT2D eigenvalue weighted by Gasteiger charge is 2.43. The molecule has 0 saturated carbocycles. The third-order valence-corrected chi connectivity index (χ3v) is 8.87. The van der Waals surface area contributed by atoms with Crippen molar-refractivity contribution in [3.63, 3.8) is 0 Å². The van der Waals surface area contributed by atoms with Crippen LogP contribution in [-0.2, 0) is 21.5 Å². The topological polar surface area (TPSA) is 107 Å². The molecule has 3 aliphatic heterocycles. The largest absolute Gasteiger partial charge is 0.444 e. The van der Waals surface area contributed by atoms with Crippen LogP contribution in [0.3, 0.4) is 0 Å². The van der Waals surface area contributed by atoms with Gasteiger partial charge in [0.1, 0.15) is 5.60 Å². The summed E-state index contributed by atoms with van der Waals surface area (Å²) in [5.74, 6) is -0.103. The third kappa shape index (κ3) is 7.55. The second-order valence-corrected chi connectivity index (χ2v) is 14.2. The van der Waals surface area contributed by atoms with Gasteiger partial charge in [0.2, 0.25) is 5.91 Å². The van der Waals surface area contributed by atoms with Gasteiger partial charge < -0.3 is 24.5 Å². The van der Waals surface area contributed by atoms with Crippen molar-refractivity contribution in [3.05, 3.63) is 58.9 Å². The molecule has 1 aromatic heterocycles. The van der Waals surface area contributed by atoms with E-state index in [1.807, 2.05) is 83.7 Å². The Labute approximate surface area is 274 Å². The molecule has 10 heteroatoms. The Morgan fingerprint density at radius 2 is 1.85 bits per heavy atom. The highest BCUT2D eigenvalue weighted by molar-refractivity contribution is 5.98. The summed E-state index contributed by atoms with van der Waals surface area (Å²) < 4.78 is 5.73. The number of pyridine rings is 1. The number of fused-ring (bicyclic) bond motifs is 2. The minimum Gasteiger partial charge on any atom is -0.444 e. The van der Waals surface area contributed by atoms with Crippen LogP contribution in [0.2, 0.25) is 0 Å². The summed E-state index contributed by atoms with van der Waals surface area (Å²) in [6, 6.07) is 9.07. The highest BCUT2D eigenvalue weighted by Crippen LogP contribution is 2.40. The summed E-state index contributed by atoms with van der Waals surface area (Å²) in [5.41, 5.74) is 3.01. The number of aliphatic hydroxyl groups is 1. The third-order valence-electron chi connectivity index (χ3n) is 8.87. The lowest BCUT2D eigenvalue weighted by molar-refractivity contribution is -0.121. The van der Waals surface area contributed by atoms with Crippen molar-refractivity contribution < 1.29 is 24.2 Å². The fourth-order valence-electron chi connectivity index (χ4n) is 6.62. The lowest BCUT2D eigenvalue weighted by Crippen LogP contribution is -2.63. The van der Waals surface area contributed by atoms with Gasteiger partial charge in [-0.3, -0.25) is 19.5 Å². The number of hydrogen-bond donors (Lipinski definition) is 1. The molecule has 46 heavy (non-hydrogen) atoms. The number of benzene rings is 1. The number of rotatable bonds is 7. The fraction of sp³-hybridized carbons (Fsp3) is 0.611. The van der Waals surface area contributed by atoms with Gasteiger partial charge in [0.15, 0.2) is 0 Å². The SMILES string of the molecule is CC.CCCC(O)c1cnc2c(c1)N(C(=O)CN1C[C@@H](C)N(C(=O)OC(C)(C)C)C[C@@H]1CN1Cc3ccccc3C1=O)CC2(C)C. The van der Waals surface area contributed by atoms with Gasteiger partial charge in [-0.05, 0) is 51.8 Å². The van der Waals surface area contributed by atoms with E-state index in [2.05, 4.69) is 18.7 Å². The first-order valence-electron chi connectivity index (χ1n) is 16.8. The summed E-state index contributed by atoms with van der Waals surface area (Å²) >= 11 is 0. The molecule has 3 aliphatic rings. The molecular weight excluding hydrogens is 582 g/mol. The molecule has 252 valence electrons. The summed E-state index contributed by atoms with van der Waals surface area (Å²) in [7, 11) is 0. The summed E-state index contributed by atoms with van der Waals surface area (Å²) in [6.45, 7) is 20.0. The number of piperazine rings is 1. The zero-order valence-corrected chi connectivity index (χ0v) is 29.2. The van der Waals surface area contributed by atoms with Crippen LogP contribution in [0.15, 0.2) is 36.5 Å². The molecule has 4 heterocycles. The Morgan fingerprint density at radius 3 is 2.50 bits per heavy atom. The lowest BCUT2D eigenvalue weighted by atomic mass is 9.91. The van der Waals surface area contributed by atoms with Gasteiger partial charge in [-0.2, -0.15) is 0 Å². The molecule has 1 N–H and O–H groups in total. The highest BCUT2D eigenvalue weighted by atomic mass is 16.6.